The minimum absolute atomic E-state index is 0.0374. The van der Waals surface area contributed by atoms with E-state index in [0.29, 0.717) is 13.1 Å². The lowest BCUT2D eigenvalue weighted by atomic mass is 10.1. The number of carbonyl (C=O) groups is 1. The van der Waals surface area contributed by atoms with E-state index in [1.807, 2.05) is 19.0 Å². The van der Waals surface area contributed by atoms with Crippen molar-refractivity contribution in [2.75, 3.05) is 33.8 Å². The van der Waals surface area contributed by atoms with Crippen LogP contribution in [0.2, 0.25) is 0 Å². The van der Waals surface area contributed by atoms with Crippen molar-refractivity contribution in [3.05, 3.63) is 0 Å². The van der Waals surface area contributed by atoms with Crippen LogP contribution in [0.1, 0.15) is 26.7 Å². The van der Waals surface area contributed by atoms with Crippen LogP contribution in [0.3, 0.4) is 0 Å². The van der Waals surface area contributed by atoms with Crippen LogP contribution in [0, 0.1) is 0 Å². The van der Waals surface area contributed by atoms with Crippen LogP contribution in [0.25, 0.3) is 0 Å². The number of aliphatic hydroxyl groups excluding tert-OH is 1. The first kappa shape index (κ1) is 14.4. The number of rotatable bonds is 7. The van der Waals surface area contributed by atoms with E-state index in [1.165, 1.54) is 0 Å². The zero-order chi connectivity index (χ0) is 11.8. The van der Waals surface area contributed by atoms with Gasteiger partial charge in [-0.2, -0.15) is 0 Å². The molecule has 1 N–H and O–H groups in total. The molecule has 0 aliphatic carbocycles. The van der Waals surface area contributed by atoms with E-state index >= 15 is 0 Å². The third-order valence-corrected chi connectivity index (χ3v) is 2.50. The van der Waals surface area contributed by atoms with E-state index in [9.17, 15) is 4.79 Å². The van der Waals surface area contributed by atoms with Crippen LogP contribution in [-0.4, -0.2) is 60.6 Å². The number of hydrogen-bond acceptors (Lipinski definition) is 3. The maximum atomic E-state index is 11.9. The quantitative estimate of drug-likeness (QED) is 0.676. The van der Waals surface area contributed by atoms with E-state index in [1.54, 1.807) is 4.90 Å². The van der Waals surface area contributed by atoms with Gasteiger partial charge in [0.2, 0.25) is 5.91 Å². The van der Waals surface area contributed by atoms with Gasteiger partial charge in [-0.25, -0.2) is 0 Å². The molecule has 0 heterocycles. The highest BCUT2D eigenvalue weighted by Crippen LogP contribution is 2.08. The molecule has 0 rings (SSSR count). The largest absolute Gasteiger partial charge is 0.395 e. The molecule has 0 atom stereocenters. The Hall–Kier alpha value is -0.610. The van der Waals surface area contributed by atoms with Crippen molar-refractivity contribution in [3.63, 3.8) is 0 Å². The normalized spacial score (nSPS) is 11.1. The first-order valence-corrected chi connectivity index (χ1v) is 5.61. The first-order valence-electron chi connectivity index (χ1n) is 5.61. The summed E-state index contributed by atoms with van der Waals surface area (Å²) in [6.45, 7) is 5.04. The lowest BCUT2D eigenvalue weighted by Gasteiger charge is -2.31. The molecule has 90 valence electrons. The highest BCUT2D eigenvalue weighted by Gasteiger charge is 2.20. The van der Waals surface area contributed by atoms with Crippen LogP contribution >= 0.6 is 0 Å². The summed E-state index contributed by atoms with van der Waals surface area (Å²) >= 11 is 0. The van der Waals surface area contributed by atoms with Gasteiger partial charge in [-0.1, -0.05) is 13.8 Å². The molecule has 0 saturated carbocycles. The van der Waals surface area contributed by atoms with Crippen LogP contribution in [0.15, 0.2) is 0 Å². The molecule has 0 fully saturated rings. The maximum Gasteiger partial charge on any atom is 0.237 e. The standard InChI is InChI=1S/C11H24N2O2/c1-5-10(6-2)13(7-8-14)11(15)9-12(3)4/h10,14H,5-9H2,1-4H3. The zero-order valence-corrected chi connectivity index (χ0v) is 10.4. The highest BCUT2D eigenvalue weighted by atomic mass is 16.3. The predicted octanol–water partition coefficient (Wildman–Crippen LogP) is 0.557. The van der Waals surface area contributed by atoms with E-state index in [2.05, 4.69) is 13.8 Å². The monoisotopic (exact) mass is 216 g/mol. The molecule has 0 aromatic heterocycles. The smallest absolute Gasteiger partial charge is 0.237 e. The summed E-state index contributed by atoms with van der Waals surface area (Å²) in [5.74, 6) is 0.0998. The maximum absolute atomic E-state index is 11.9. The lowest BCUT2D eigenvalue weighted by molar-refractivity contribution is -0.135. The molecule has 0 aliphatic rings. The summed E-state index contributed by atoms with van der Waals surface area (Å²) in [5, 5.41) is 8.95. The zero-order valence-electron chi connectivity index (χ0n) is 10.4. The molecule has 4 nitrogen and oxygen atoms in total. The van der Waals surface area contributed by atoms with Gasteiger partial charge >= 0.3 is 0 Å². The second-order valence-electron chi connectivity index (χ2n) is 4.02. The average molecular weight is 216 g/mol. The van der Waals surface area contributed by atoms with Gasteiger partial charge in [0.15, 0.2) is 0 Å². The number of hydrogen-bond donors (Lipinski definition) is 1. The fourth-order valence-electron chi connectivity index (χ4n) is 1.71. The predicted molar refractivity (Wildman–Crippen MR) is 61.7 cm³/mol. The Morgan fingerprint density at radius 3 is 2.13 bits per heavy atom. The molecular weight excluding hydrogens is 192 g/mol. The summed E-state index contributed by atoms with van der Waals surface area (Å²) in [6, 6.07) is 0.254. The minimum Gasteiger partial charge on any atom is -0.395 e. The molecule has 0 unspecified atom stereocenters. The van der Waals surface area contributed by atoms with Crippen molar-refractivity contribution in [2.24, 2.45) is 0 Å². The Kier molecular flexibility index (Phi) is 7.34. The molecule has 1 amide bonds. The van der Waals surface area contributed by atoms with E-state index in [0.717, 1.165) is 12.8 Å². The highest BCUT2D eigenvalue weighted by molar-refractivity contribution is 5.78. The fraction of sp³-hybridized carbons (Fsp3) is 0.909. The second-order valence-corrected chi connectivity index (χ2v) is 4.02. The lowest BCUT2D eigenvalue weighted by Crippen LogP contribution is -2.45. The number of carbonyl (C=O) groups excluding carboxylic acids is 1. The van der Waals surface area contributed by atoms with Gasteiger partial charge < -0.3 is 14.9 Å². The van der Waals surface area contributed by atoms with Crippen molar-refractivity contribution in [1.82, 2.24) is 9.80 Å². The van der Waals surface area contributed by atoms with Gasteiger partial charge in [0.1, 0.15) is 0 Å². The SMILES string of the molecule is CCC(CC)N(CCO)C(=O)CN(C)C. The molecular formula is C11H24N2O2. The van der Waals surface area contributed by atoms with E-state index in [4.69, 9.17) is 5.11 Å². The van der Waals surface area contributed by atoms with Gasteiger partial charge in [0.05, 0.1) is 13.2 Å². The fourth-order valence-corrected chi connectivity index (χ4v) is 1.71. The molecule has 0 aliphatic heterocycles. The number of nitrogens with zero attached hydrogens (tertiary/aromatic N) is 2. The number of amides is 1. The van der Waals surface area contributed by atoms with Gasteiger partial charge in [-0.15, -0.1) is 0 Å². The second kappa shape index (κ2) is 7.65. The van der Waals surface area contributed by atoms with Crippen LogP contribution in [0.4, 0.5) is 0 Å². The van der Waals surface area contributed by atoms with Crippen LogP contribution in [-0.2, 0) is 4.79 Å². The Morgan fingerprint density at radius 1 is 1.27 bits per heavy atom. The van der Waals surface area contributed by atoms with Crippen LogP contribution < -0.4 is 0 Å². The Balaban J connectivity index is 4.41. The summed E-state index contributed by atoms with van der Waals surface area (Å²) in [4.78, 5) is 15.5. The van der Waals surface area contributed by atoms with Gasteiger partial charge in [-0.05, 0) is 26.9 Å². The van der Waals surface area contributed by atoms with Crippen molar-refractivity contribution in [1.29, 1.82) is 0 Å². The van der Waals surface area contributed by atoms with Crippen LogP contribution in [0.5, 0.6) is 0 Å². The number of aliphatic hydroxyl groups is 1. The van der Waals surface area contributed by atoms with Gasteiger partial charge in [-0.3, -0.25) is 4.79 Å². The Bertz CT molecular complexity index is 179. The first-order chi connectivity index (χ1) is 7.06. The van der Waals surface area contributed by atoms with Crippen molar-refractivity contribution >= 4 is 5.91 Å². The van der Waals surface area contributed by atoms with E-state index in [-0.39, 0.29) is 18.6 Å². The molecule has 0 aromatic carbocycles. The van der Waals surface area contributed by atoms with Crippen molar-refractivity contribution < 1.29 is 9.90 Å². The molecule has 0 bridgehead atoms. The minimum atomic E-state index is 0.0374. The van der Waals surface area contributed by atoms with Gasteiger partial charge in [0, 0.05) is 12.6 Å². The van der Waals surface area contributed by atoms with Crippen molar-refractivity contribution in [2.45, 2.75) is 32.7 Å². The molecule has 0 saturated heterocycles. The summed E-state index contributed by atoms with van der Waals surface area (Å²) in [5.41, 5.74) is 0. The topological polar surface area (TPSA) is 43.8 Å². The number of likely N-dealkylation sites (N-methyl/N-ethyl adjacent to an activating group) is 1. The summed E-state index contributed by atoms with van der Waals surface area (Å²) < 4.78 is 0. The molecule has 0 aromatic rings. The van der Waals surface area contributed by atoms with E-state index < -0.39 is 0 Å². The molecule has 4 heteroatoms. The van der Waals surface area contributed by atoms with Gasteiger partial charge in [0.25, 0.3) is 0 Å². The third-order valence-electron chi connectivity index (χ3n) is 2.50. The molecule has 0 spiro atoms. The Labute approximate surface area is 92.9 Å². The Morgan fingerprint density at radius 2 is 1.80 bits per heavy atom. The summed E-state index contributed by atoms with van der Waals surface area (Å²) in [6.07, 6.45) is 1.88. The average Bonchev–Trinajstić information content (AvgIpc) is 2.17. The molecule has 0 radical (unpaired) electrons. The molecule has 15 heavy (non-hydrogen) atoms. The van der Waals surface area contributed by atoms with Crippen molar-refractivity contribution in [3.8, 4) is 0 Å². The third kappa shape index (κ3) is 5.14. The summed E-state index contributed by atoms with van der Waals surface area (Å²) in [7, 11) is 3.75.